The number of carbonyl (C=O) groups excluding carboxylic acids is 2. The molecule has 0 bridgehead atoms. The van der Waals surface area contributed by atoms with Gasteiger partial charge in [-0.15, -0.1) is 0 Å². The molecule has 0 unspecified atom stereocenters. The zero-order valence-corrected chi connectivity index (χ0v) is 14.3. The maximum absolute atomic E-state index is 12.4. The Balaban J connectivity index is 1.59. The normalized spacial score (nSPS) is 13.6. The number of nitrogens with one attached hydrogen (secondary N) is 1. The predicted molar refractivity (Wildman–Crippen MR) is 96.9 cm³/mol. The lowest BCUT2D eigenvalue weighted by Gasteiger charge is -2.16. The van der Waals surface area contributed by atoms with E-state index in [1.165, 1.54) is 0 Å². The Bertz CT molecular complexity index is 767. The van der Waals surface area contributed by atoms with Crippen LogP contribution in [0.2, 0.25) is 0 Å². The lowest BCUT2D eigenvalue weighted by molar-refractivity contribution is -0.118. The quantitative estimate of drug-likeness (QED) is 0.910. The monoisotopic (exact) mass is 338 g/mol. The summed E-state index contributed by atoms with van der Waals surface area (Å²) in [6, 6.07) is 14.6. The first-order valence-electron chi connectivity index (χ1n) is 8.51. The van der Waals surface area contributed by atoms with Crippen molar-refractivity contribution in [3.05, 3.63) is 59.7 Å². The Hall–Kier alpha value is -2.82. The Morgan fingerprint density at radius 3 is 2.60 bits per heavy atom. The third kappa shape index (κ3) is 4.38. The molecule has 2 amide bonds. The highest BCUT2D eigenvalue weighted by Gasteiger charge is 2.19. The molecule has 0 radical (unpaired) electrons. The van der Waals surface area contributed by atoms with Gasteiger partial charge in [0.2, 0.25) is 0 Å². The van der Waals surface area contributed by atoms with Crippen molar-refractivity contribution in [2.24, 2.45) is 0 Å². The summed E-state index contributed by atoms with van der Waals surface area (Å²) in [7, 11) is 0. The molecule has 130 valence electrons. The van der Waals surface area contributed by atoms with Gasteiger partial charge in [0.05, 0.1) is 0 Å². The summed E-state index contributed by atoms with van der Waals surface area (Å²) < 4.78 is 5.54. The first kappa shape index (κ1) is 17.0. The summed E-state index contributed by atoms with van der Waals surface area (Å²) in [6.07, 6.45) is 2.11. The van der Waals surface area contributed by atoms with Crippen molar-refractivity contribution in [3.8, 4) is 5.75 Å². The second-order valence-electron chi connectivity index (χ2n) is 6.18. The number of benzene rings is 2. The first-order valence-corrected chi connectivity index (χ1v) is 8.51. The number of carbonyl (C=O) groups is 2. The molecule has 1 aliphatic rings. The van der Waals surface area contributed by atoms with Gasteiger partial charge in [-0.25, -0.2) is 0 Å². The minimum atomic E-state index is -0.256. The molecule has 2 aromatic carbocycles. The van der Waals surface area contributed by atoms with Gasteiger partial charge in [-0.05, 0) is 49.6 Å². The van der Waals surface area contributed by atoms with Gasteiger partial charge in [0.25, 0.3) is 11.8 Å². The van der Waals surface area contributed by atoms with Crippen molar-refractivity contribution in [1.29, 1.82) is 0 Å². The summed E-state index contributed by atoms with van der Waals surface area (Å²) in [5, 5.41) is 2.78. The maximum Gasteiger partial charge on any atom is 0.262 e. The molecule has 0 aromatic heterocycles. The second-order valence-corrected chi connectivity index (χ2v) is 6.18. The van der Waals surface area contributed by atoms with E-state index in [-0.39, 0.29) is 18.4 Å². The van der Waals surface area contributed by atoms with Crippen molar-refractivity contribution in [2.75, 3.05) is 25.0 Å². The summed E-state index contributed by atoms with van der Waals surface area (Å²) in [4.78, 5) is 26.4. The third-order valence-corrected chi connectivity index (χ3v) is 4.24. The highest BCUT2D eigenvalue weighted by Crippen LogP contribution is 2.18. The van der Waals surface area contributed by atoms with Gasteiger partial charge >= 0.3 is 0 Å². The SMILES string of the molecule is Cc1ccccc1OCC(=O)Nc1cccc(C(=O)N2CCCC2)c1. The van der Waals surface area contributed by atoms with Crippen LogP contribution in [0.4, 0.5) is 5.69 Å². The molecule has 1 fully saturated rings. The lowest BCUT2D eigenvalue weighted by atomic mass is 10.1. The van der Waals surface area contributed by atoms with Crippen LogP contribution in [0.25, 0.3) is 0 Å². The van der Waals surface area contributed by atoms with Crippen LogP contribution in [0.15, 0.2) is 48.5 Å². The van der Waals surface area contributed by atoms with Crippen LogP contribution in [0.3, 0.4) is 0 Å². The van der Waals surface area contributed by atoms with Crippen LogP contribution in [-0.4, -0.2) is 36.4 Å². The van der Waals surface area contributed by atoms with Gasteiger partial charge in [-0.3, -0.25) is 9.59 Å². The number of likely N-dealkylation sites (tertiary alicyclic amines) is 1. The number of hydrogen-bond acceptors (Lipinski definition) is 3. The van der Waals surface area contributed by atoms with E-state index in [0.717, 1.165) is 31.5 Å². The number of amides is 2. The largest absolute Gasteiger partial charge is 0.483 e. The number of ether oxygens (including phenoxy) is 1. The summed E-state index contributed by atoms with van der Waals surface area (Å²) in [5.41, 5.74) is 2.18. The average Bonchev–Trinajstić information content (AvgIpc) is 3.15. The van der Waals surface area contributed by atoms with Gasteiger partial charge in [-0.2, -0.15) is 0 Å². The maximum atomic E-state index is 12.4. The average molecular weight is 338 g/mol. The van der Waals surface area contributed by atoms with Crippen LogP contribution in [0.1, 0.15) is 28.8 Å². The van der Waals surface area contributed by atoms with E-state index >= 15 is 0 Å². The second kappa shape index (κ2) is 7.83. The molecule has 0 spiro atoms. The van der Waals surface area contributed by atoms with Gasteiger partial charge < -0.3 is 15.0 Å². The minimum Gasteiger partial charge on any atom is -0.483 e. The molecule has 1 saturated heterocycles. The number of hydrogen-bond donors (Lipinski definition) is 1. The number of nitrogens with zero attached hydrogens (tertiary/aromatic N) is 1. The minimum absolute atomic E-state index is 0.0183. The van der Waals surface area contributed by atoms with Crippen LogP contribution in [-0.2, 0) is 4.79 Å². The van der Waals surface area contributed by atoms with Gasteiger partial charge in [0.1, 0.15) is 5.75 Å². The molecule has 1 N–H and O–H groups in total. The van der Waals surface area contributed by atoms with Crippen LogP contribution < -0.4 is 10.1 Å². The standard InChI is InChI=1S/C20H22N2O3/c1-15-7-2-3-10-18(15)25-14-19(23)21-17-9-6-8-16(13-17)20(24)22-11-4-5-12-22/h2-3,6-10,13H,4-5,11-12,14H2,1H3,(H,21,23). The van der Waals surface area contributed by atoms with Crippen LogP contribution in [0, 0.1) is 6.92 Å². The van der Waals surface area contributed by atoms with E-state index in [0.29, 0.717) is 17.0 Å². The smallest absolute Gasteiger partial charge is 0.262 e. The van der Waals surface area contributed by atoms with E-state index in [1.807, 2.05) is 36.1 Å². The Morgan fingerprint density at radius 1 is 1.08 bits per heavy atom. The number of rotatable bonds is 5. The van der Waals surface area contributed by atoms with Crippen molar-refractivity contribution in [3.63, 3.8) is 0 Å². The molecule has 3 rings (SSSR count). The first-order chi connectivity index (χ1) is 12.1. The van der Waals surface area contributed by atoms with Gasteiger partial charge in [-0.1, -0.05) is 24.3 Å². The Kier molecular flexibility index (Phi) is 5.33. The van der Waals surface area contributed by atoms with Gasteiger partial charge in [0, 0.05) is 24.3 Å². The summed E-state index contributed by atoms with van der Waals surface area (Å²) >= 11 is 0. The van der Waals surface area contributed by atoms with E-state index in [9.17, 15) is 9.59 Å². The molecule has 1 heterocycles. The van der Waals surface area contributed by atoms with Crippen molar-refractivity contribution in [2.45, 2.75) is 19.8 Å². The predicted octanol–water partition coefficient (Wildman–Crippen LogP) is 3.25. The van der Waals surface area contributed by atoms with E-state index in [4.69, 9.17) is 4.74 Å². The number of para-hydroxylation sites is 1. The van der Waals surface area contributed by atoms with Gasteiger partial charge in [0.15, 0.2) is 6.61 Å². The molecule has 0 saturated carbocycles. The molecule has 0 atom stereocenters. The summed E-state index contributed by atoms with van der Waals surface area (Å²) in [5.74, 6) is 0.453. The van der Waals surface area contributed by atoms with Crippen molar-refractivity contribution >= 4 is 17.5 Å². The molecule has 1 aliphatic heterocycles. The fourth-order valence-electron chi connectivity index (χ4n) is 2.89. The highest BCUT2D eigenvalue weighted by molar-refractivity contribution is 5.97. The van der Waals surface area contributed by atoms with E-state index in [1.54, 1.807) is 24.3 Å². The zero-order valence-electron chi connectivity index (χ0n) is 14.3. The third-order valence-electron chi connectivity index (χ3n) is 4.24. The Labute approximate surface area is 147 Å². The Morgan fingerprint density at radius 2 is 1.84 bits per heavy atom. The number of aryl methyl sites for hydroxylation is 1. The molecule has 25 heavy (non-hydrogen) atoms. The number of anilines is 1. The van der Waals surface area contributed by atoms with Crippen molar-refractivity contribution in [1.82, 2.24) is 4.90 Å². The fourth-order valence-corrected chi connectivity index (χ4v) is 2.89. The molecule has 0 aliphatic carbocycles. The van der Waals surface area contributed by atoms with E-state index in [2.05, 4.69) is 5.32 Å². The molecular weight excluding hydrogens is 316 g/mol. The summed E-state index contributed by atoms with van der Waals surface area (Å²) in [6.45, 7) is 3.47. The van der Waals surface area contributed by atoms with E-state index < -0.39 is 0 Å². The van der Waals surface area contributed by atoms with Crippen molar-refractivity contribution < 1.29 is 14.3 Å². The molecular formula is C20H22N2O3. The highest BCUT2D eigenvalue weighted by atomic mass is 16.5. The zero-order chi connectivity index (χ0) is 17.6. The molecule has 5 heteroatoms. The topological polar surface area (TPSA) is 58.6 Å². The van der Waals surface area contributed by atoms with Crippen LogP contribution in [0.5, 0.6) is 5.75 Å². The molecule has 5 nitrogen and oxygen atoms in total. The van der Waals surface area contributed by atoms with Crippen LogP contribution >= 0.6 is 0 Å². The molecule has 2 aromatic rings. The lowest BCUT2D eigenvalue weighted by Crippen LogP contribution is -2.27. The fraction of sp³-hybridized carbons (Fsp3) is 0.300.